The second kappa shape index (κ2) is 14.3. The molecule has 0 saturated heterocycles. The molecule has 2 aromatic rings. The van der Waals surface area contributed by atoms with Crippen molar-refractivity contribution in [3.8, 4) is 11.1 Å². The SMILES string of the molecule is O=C(NCCCCCCCCCCCCCS)OCC1c2ccccc2-c2ccccc21. The third-order valence-electron chi connectivity index (χ3n) is 6.45. The Bertz CT molecular complexity index is 777. The Morgan fingerprint density at radius 2 is 1.19 bits per heavy atom. The van der Waals surface area contributed by atoms with Crippen molar-refractivity contribution < 1.29 is 9.53 Å². The Labute approximate surface area is 199 Å². The van der Waals surface area contributed by atoms with Gasteiger partial charge in [0.25, 0.3) is 0 Å². The molecule has 2 aromatic carbocycles. The van der Waals surface area contributed by atoms with Gasteiger partial charge in [0.05, 0.1) is 0 Å². The summed E-state index contributed by atoms with van der Waals surface area (Å²) < 4.78 is 5.59. The van der Waals surface area contributed by atoms with Crippen molar-refractivity contribution in [2.24, 2.45) is 0 Å². The van der Waals surface area contributed by atoms with Crippen LogP contribution in [0.4, 0.5) is 4.79 Å². The Kier molecular flexibility index (Phi) is 11.0. The van der Waals surface area contributed by atoms with Gasteiger partial charge in [0, 0.05) is 12.5 Å². The van der Waals surface area contributed by atoms with Crippen LogP contribution in [-0.2, 0) is 4.74 Å². The molecule has 174 valence electrons. The molecule has 0 aliphatic heterocycles. The zero-order valence-corrected chi connectivity index (χ0v) is 20.3. The van der Waals surface area contributed by atoms with E-state index in [9.17, 15) is 4.79 Å². The minimum Gasteiger partial charge on any atom is -0.449 e. The van der Waals surface area contributed by atoms with E-state index in [0.717, 1.165) is 12.2 Å². The van der Waals surface area contributed by atoms with Crippen LogP contribution in [0.2, 0.25) is 0 Å². The molecule has 0 saturated carbocycles. The quantitative estimate of drug-likeness (QED) is 0.214. The van der Waals surface area contributed by atoms with E-state index in [-0.39, 0.29) is 12.0 Å². The number of carbonyl (C=O) groups is 1. The largest absolute Gasteiger partial charge is 0.449 e. The summed E-state index contributed by atoms with van der Waals surface area (Å²) in [6.45, 7) is 1.08. The first-order chi connectivity index (χ1) is 15.8. The Morgan fingerprint density at radius 3 is 1.72 bits per heavy atom. The molecule has 0 bridgehead atoms. The summed E-state index contributed by atoms with van der Waals surface area (Å²) in [5.41, 5.74) is 5.01. The number of benzene rings is 2. The zero-order valence-electron chi connectivity index (χ0n) is 19.4. The van der Waals surface area contributed by atoms with Gasteiger partial charge in [-0.15, -0.1) is 0 Å². The smallest absolute Gasteiger partial charge is 0.407 e. The molecule has 0 atom stereocenters. The normalized spacial score (nSPS) is 12.4. The monoisotopic (exact) mass is 453 g/mol. The lowest BCUT2D eigenvalue weighted by Gasteiger charge is -2.14. The highest BCUT2D eigenvalue weighted by Crippen LogP contribution is 2.44. The number of unbranched alkanes of at least 4 members (excludes halogenated alkanes) is 10. The van der Waals surface area contributed by atoms with Crippen molar-refractivity contribution in [2.75, 3.05) is 18.9 Å². The Balaban J connectivity index is 1.23. The van der Waals surface area contributed by atoms with Crippen molar-refractivity contribution in [3.63, 3.8) is 0 Å². The number of ether oxygens (including phenoxy) is 1. The second-order valence-corrected chi connectivity index (χ2v) is 9.31. The Hall–Kier alpha value is -1.94. The Morgan fingerprint density at radius 1 is 0.719 bits per heavy atom. The van der Waals surface area contributed by atoms with Crippen molar-refractivity contribution in [2.45, 2.75) is 76.5 Å². The topological polar surface area (TPSA) is 38.3 Å². The summed E-state index contributed by atoms with van der Waals surface area (Å²) in [6, 6.07) is 16.8. The van der Waals surface area contributed by atoms with E-state index in [4.69, 9.17) is 4.74 Å². The molecular formula is C28H39NO2S. The van der Waals surface area contributed by atoms with E-state index in [1.165, 1.54) is 86.5 Å². The molecule has 0 fully saturated rings. The predicted octanol–water partition coefficient (Wildman–Crippen LogP) is 7.75. The average Bonchev–Trinajstić information content (AvgIpc) is 3.14. The molecule has 3 rings (SSSR count). The fourth-order valence-electron chi connectivity index (χ4n) is 4.67. The molecule has 32 heavy (non-hydrogen) atoms. The van der Waals surface area contributed by atoms with Gasteiger partial charge in [-0.1, -0.05) is 106 Å². The maximum absolute atomic E-state index is 12.2. The van der Waals surface area contributed by atoms with Crippen LogP contribution >= 0.6 is 12.6 Å². The molecule has 1 aliphatic carbocycles. The van der Waals surface area contributed by atoms with Gasteiger partial charge in [-0.05, 0) is 40.8 Å². The highest BCUT2D eigenvalue weighted by Gasteiger charge is 2.28. The summed E-state index contributed by atoms with van der Waals surface area (Å²) in [7, 11) is 0. The van der Waals surface area contributed by atoms with Gasteiger partial charge in [-0.25, -0.2) is 4.79 Å². The maximum Gasteiger partial charge on any atom is 0.407 e. The number of nitrogens with one attached hydrogen (secondary N) is 1. The van der Waals surface area contributed by atoms with Gasteiger partial charge >= 0.3 is 6.09 Å². The highest BCUT2D eigenvalue weighted by molar-refractivity contribution is 7.80. The first kappa shape index (κ1) is 24.7. The highest BCUT2D eigenvalue weighted by atomic mass is 32.1. The number of amides is 1. The van der Waals surface area contributed by atoms with Crippen LogP contribution in [0.15, 0.2) is 48.5 Å². The number of alkyl carbamates (subject to hydrolysis) is 1. The van der Waals surface area contributed by atoms with Crippen LogP contribution in [-0.4, -0.2) is 25.0 Å². The molecular weight excluding hydrogens is 414 g/mol. The maximum atomic E-state index is 12.2. The molecule has 1 N–H and O–H groups in total. The number of hydrogen-bond acceptors (Lipinski definition) is 3. The third kappa shape index (κ3) is 7.58. The van der Waals surface area contributed by atoms with Crippen molar-refractivity contribution in [3.05, 3.63) is 59.7 Å². The van der Waals surface area contributed by atoms with E-state index in [2.05, 4.69) is 66.5 Å². The standard InChI is InChI=1S/C28H39NO2S/c30-28(29-20-14-8-6-4-2-1-3-5-7-9-15-21-32)31-22-27-25-18-12-10-16-23(25)24-17-11-13-19-26(24)27/h10-13,16-19,27,32H,1-9,14-15,20-22H2,(H,29,30). The first-order valence-corrected chi connectivity index (χ1v) is 13.1. The van der Waals surface area contributed by atoms with Gasteiger partial charge in [0.15, 0.2) is 0 Å². The van der Waals surface area contributed by atoms with E-state index in [1.807, 2.05) is 0 Å². The number of carbonyl (C=O) groups excluding carboxylic acids is 1. The van der Waals surface area contributed by atoms with Gasteiger partial charge in [-0.3, -0.25) is 0 Å². The number of thiol groups is 1. The van der Waals surface area contributed by atoms with Gasteiger partial charge in [-0.2, -0.15) is 12.6 Å². The molecule has 1 aliphatic rings. The van der Waals surface area contributed by atoms with Crippen molar-refractivity contribution >= 4 is 18.7 Å². The van der Waals surface area contributed by atoms with Crippen LogP contribution in [0.25, 0.3) is 11.1 Å². The number of hydrogen-bond donors (Lipinski definition) is 2. The van der Waals surface area contributed by atoms with Crippen LogP contribution in [0.5, 0.6) is 0 Å². The van der Waals surface area contributed by atoms with Crippen molar-refractivity contribution in [1.29, 1.82) is 0 Å². The van der Waals surface area contributed by atoms with E-state index >= 15 is 0 Å². The summed E-state index contributed by atoms with van der Waals surface area (Å²) in [4.78, 5) is 12.2. The lowest BCUT2D eigenvalue weighted by atomic mass is 9.98. The second-order valence-electron chi connectivity index (χ2n) is 8.87. The molecule has 0 aromatic heterocycles. The fraction of sp³-hybridized carbons (Fsp3) is 0.536. The molecule has 0 radical (unpaired) electrons. The van der Waals surface area contributed by atoms with Crippen LogP contribution in [0.3, 0.4) is 0 Å². The molecule has 0 heterocycles. The third-order valence-corrected chi connectivity index (χ3v) is 6.76. The predicted molar refractivity (Wildman–Crippen MR) is 138 cm³/mol. The van der Waals surface area contributed by atoms with Gasteiger partial charge < -0.3 is 10.1 Å². The number of rotatable bonds is 15. The van der Waals surface area contributed by atoms with Crippen LogP contribution in [0, 0.1) is 0 Å². The van der Waals surface area contributed by atoms with Gasteiger partial charge in [0.1, 0.15) is 6.61 Å². The number of fused-ring (bicyclic) bond motifs is 3. The van der Waals surface area contributed by atoms with E-state index in [1.54, 1.807) is 0 Å². The fourth-order valence-corrected chi connectivity index (χ4v) is 4.89. The van der Waals surface area contributed by atoms with E-state index < -0.39 is 0 Å². The van der Waals surface area contributed by atoms with Crippen molar-refractivity contribution in [1.82, 2.24) is 5.32 Å². The van der Waals surface area contributed by atoms with Crippen LogP contribution in [0.1, 0.15) is 87.7 Å². The molecule has 1 amide bonds. The molecule has 3 nitrogen and oxygen atoms in total. The lowest BCUT2D eigenvalue weighted by Crippen LogP contribution is -2.27. The summed E-state index contributed by atoms with van der Waals surface area (Å²) in [6.07, 6.45) is 13.9. The molecule has 0 unspecified atom stereocenters. The van der Waals surface area contributed by atoms with Gasteiger partial charge in [0.2, 0.25) is 0 Å². The lowest BCUT2D eigenvalue weighted by molar-refractivity contribution is 0.143. The minimum absolute atomic E-state index is 0.121. The van der Waals surface area contributed by atoms with Crippen LogP contribution < -0.4 is 5.32 Å². The molecule has 0 spiro atoms. The van der Waals surface area contributed by atoms with E-state index in [0.29, 0.717) is 13.2 Å². The average molecular weight is 454 g/mol. The zero-order chi connectivity index (χ0) is 22.4. The molecule has 4 heteroatoms. The summed E-state index contributed by atoms with van der Waals surface area (Å²) >= 11 is 4.26. The summed E-state index contributed by atoms with van der Waals surface area (Å²) in [5, 5.41) is 2.92. The minimum atomic E-state index is -0.301. The summed E-state index contributed by atoms with van der Waals surface area (Å²) in [5.74, 6) is 1.15. The first-order valence-electron chi connectivity index (χ1n) is 12.5.